The van der Waals surface area contributed by atoms with E-state index in [1.165, 1.54) is 4.90 Å². The summed E-state index contributed by atoms with van der Waals surface area (Å²) in [5.41, 5.74) is 5.17. The molecule has 1 aliphatic rings. The Labute approximate surface area is 75.1 Å². The predicted molar refractivity (Wildman–Crippen MR) is 46.7 cm³/mol. The number of nitrogens with two attached hydrogens (primary N) is 1. The Morgan fingerprint density at radius 2 is 2.54 bits per heavy atom. The number of urea groups is 1. The van der Waals surface area contributed by atoms with Crippen molar-refractivity contribution in [2.45, 2.75) is 0 Å². The van der Waals surface area contributed by atoms with E-state index in [-0.39, 0.29) is 0 Å². The summed E-state index contributed by atoms with van der Waals surface area (Å²) in [5, 5.41) is 0. The molecule has 1 aliphatic heterocycles. The zero-order valence-electron chi connectivity index (χ0n) is 6.93. The van der Waals surface area contributed by atoms with Gasteiger partial charge in [0.15, 0.2) is 11.6 Å². The van der Waals surface area contributed by atoms with E-state index < -0.39 is 6.03 Å². The van der Waals surface area contributed by atoms with Crippen LogP contribution >= 0.6 is 0 Å². The lowest BCUT2D eigenvalue weighted by Gasteiger charge is -2.26. The molecule has 0 aliphatic carbocycles. The molecule has 0 unspecified atom stereocenters. The molecule has 5 heteroatoms. The molecule has 0 atom stereocenters. The Kier molecular flexibility index (Phi) is 1.77. The van der Waals surface area contributed by atoms with Gasteiger partial charge >= 0.3 is 6.03 Å². The van der Waals surface area contributed by atoms with Gasteiger partial charge in [-0.1, -0.05) is 0 Å². The minimum absolute atomic E-state index is 0.458. The zero-order chi connectivity index (χ0) is 9.26. The van der Waals surface area contributed by atoms with Crippen molar-refractivity contribution < 1.29 is 9.53 Å². The molecule has 1 aromatic heterocycles. The van der Waals surface area contributed by atoms with E-state index in [4.69, 9.17) is 10.5 Å². The summed E-state index contributed by atoms with van der Waals surface area (Å²) in [6.45, 7) is 0.918. The van der Waals surface area contributed by atoms with Crippen molar-refractivity contribution in [3.8, 4) is 5.75 Å². The van der Waals surface area contributed by atoms with E-state index in [2.05, 4.69) is 4.98 Å². The molecular formula is C8H9N3O2. The summed E-state index contributed by atoms with van der Waals surface area (Å²) >= 11 is 0. The fourth-order valence-electron chi connectivity index (χ4n) is 1.26. The Morgan fingerprint density at radius 1 is 1.69 bits per heavy atom. The molecule has 5 nitrogen and oxygen atoms in total. The first-order valence-corrected chi connectivity index (χ1v) is 3.94. The maximum Gasteiger partial charge on any atom is 0.320 e. The number of hydrogen-bond acceptors (Lipinski definition) is 3. The number of primary amides is 1. The predicted octanol–water partition coefficient (Wildman–Crippen LogP) is 0.359. The summed E-state index contributed by atoms with van der Waals surface area (Å²) < 4.78 is 5.29. The van der Waals surface area contributed by atoms with E-state index in [1.807, 2.05) is 0 Å². The van der Waals surface area contributed by atoms with Crippen LogP contribution in [0.1, 0.15) is 0 Å². The van der Waals surface area contributed by atoms with E-state index in [9.17, 15) is 4.79 Å². The molecule has 2 heterocycles. The van der Waals surface area contributed by atoms with Crippen molar-refractivity contribution in [2.24, 2.45) is 5.73 Å². The number of ether oxygens (including phenoxy) is 1. The average molecular weight is 179 g/mol. The highest BCUT2D eigenvalue weighted by atomic mass is 16.5. The summed E-state index contributed by atoms with van der Waals surface area (Å²) in [7, 11) is 0. The third-order valence-corrected chi connectivity index (χ3v) is 1.85. The fraction of sp³-hybridized carbons (Fsp3) is 0.250. The van der Waals surface area contributed by atoms with Crippen molar-refractivity contribution in [2.75, 3.05) is 18.1 Å². The number of aromatic nitrogens is 1. The van der Waals surface area contributed by atoms with Crippen LogP contribution < -0.4 is 15.4 Å². The number of anilines is 1. The fourth-order valence-corrected chi connectivity index (χ4v) is 1.26. The molecule has 2 amide bonds. The second kappa shape index (κ2) is 2.93. The van der Waals surface area contributed by atoms with Crippen LogP contribution in [-0.4, -0.2) is 24.2 Å². The summed E-state index contributed by atoms with van der Waals surface area (Å²) in [5.74, 6) is 1.11. The highest BCUT2D eigenvalue weighted by Crippen LogP contribution is 2.27. The van der Waals surface area contributed by atoms with Crippen molar-refractivity contribution >= 4 is 11.8 Å². The third kappa shape index (κ3) is 1.28. The topological polar surface area (TPSA) is 68.5 Å². The second-order valence-electron chi connectivity index (χ2n) is 2.66. The van der Waals surface area contributed by atoms with Crippen molar-refractivity contribution in [1.82, 2.24) is 4.98 Å². The van der Waals surface area contributed by atoms with Gasteiger partial charge in [-0.3, -0.25) is 4.90 Å². The molecule has 0 aromatic carbocycles. The molecule has 2 rings (SSSR count). The number of pyridine rings is 1. The van der Waals surface area contributed by atoms with Crippen LogP contribution in [0.5, 0.6) is 5.75 Å². The van der Waals surface area contributed by atoms with Gasteiger partial charge in [0.05, 0.1) is 6.54 Å². The molecule has 0 saturated carbocycles. The second-order valence-corrected chi connectivity index (χ2v) is 2.66. The number of rotatable bonds is 0. The highest BCUT2D eigenvalue weighted by Gasteiger charge is 2.22. The van der Waals surface area contributed by atoms with Crippen LogP contribution in [0.4, 0.5) is 10.6 Å². The first kappa shape index (κ1) is 7.85. The number of carbonyl (C=O) groups excluding carboxylic acids is 1. The molecular weight excluding hydrogens is 170 g/mol. The van der Waals surface area contributed by atoms with Crippen LogP contribution in [-0.2, 0) is 0 Å². The van der Waals surface area contributed by atoms with Crippen LogP contribution in [0.2, 0.25) is 0 Å². The molecule has 0 spiro atoms. The van der Waals surface area contributed by atoms with E-state index in [0.717, 1.165) is 0 Å². The summed E-state index contributed by atoms with van der Waals surface area (Å²) in [6.07, 6.45) is 1.60. The van der Waals surface area contributed by atoms with Crippen LogP contribution in [0, 0.1) is 0 Å². The first-order valence-electron chi connectivity index (χ1n) is 3.94. The minimum atomic E-state index is -0.497. The number of amides is 2. The van der Waals surface area contributed by atoms with Gasteiger partial charge < -0.3 is 10.5 Å². The van der Waals surface area contributed by atoms with Gasteiger partial charge in [-0.25, -0.2) is 9.78 Å². The quantitative estimate of drug-likeness (QED) is 0.625. The highest BCUT2D eigenvalue weighted by molar-refractivity contribution is 5.91. The standard InChI is InChI=1S/C8H9N3O2/c9-8(12)11-4-5-13-6-2-1-3-10-7(6)11/h1-3H,4-5H2,(H2,9,12). The SMILES string of the molecule is NC(=O)N1CCOc2cccnc21. The molecule has 0 radical (unpaired) electrons. The van der Waals surface area contributed by atoms with Gasteiger partial charge in [0, 0.05) is 6.20 Å². The number of nitrogens with zero attached hydrogens (tertiary/aromatic N) is 2. The van der Waals surface area contributed by atoms with Crippen LogP contribution in [0.15, 0.2) is 18.3 Å². The molecule has 0 bridgehead atoms. The van der Waals surface area contributed by atoms with Crippen LogP contribution in [0.25, 0.3) is 0 Å². The van der Waals surface area contributed by atoms with E-state index in [0.29, 0.717) is 24.7 Å². The third-order valence-electron chi connectivity index (χ3n) is 1.85. The van der Waals surface area contributed by atoms with Gasteiger partial charge in [-0.15, -0.1) is 0 Å². The lowest BCUT2D eigenvalue weighted by molar-refractivity contribution is 0.246. The smallest absolute Gasteiger partial charge is 0.320 e. The van der Waals surface area contributed by atoms with Gasteiger partial charge in [-0.2, -0.15) is 0 Å². The van der Waals surface area contributed by atoms with Gasteiger partial charge in [-0.05, 0) is 12.1 Å². The van der Waals surface area contributed by atoms with Gasteiger partial charge in [0.1, 0.15) is 6.61 Å². The zero-order valence-corrected chi connectivity index (χ0v) is 6.93. The largest absolute Gasteiger partial charge is 0.488 e. The van der Waals surface area contributed by atoms with Gasteiger partial charge in [0.25, 0.3) is 0 Å². The molecule has 0 fully saturated rings. The van der Waals surface area contributed by atoms with Crippen molar-refractivity contribution in [1.29, 1.82) is 0 Å². The lowest BCUT2D eigenvalue weighted by Crippen LogP contribution is -2.41. The van der Waals surface area contributed by atoms with Gasteiger partial charge in [0.2, 0.25) is 0 Å². The van der Waals surface area contributed by atoms with E-state index >= 15 is 0 Å². The molecule has 13 heavy (non-hydrogen) atoms. The molecule has 2 N–H and O–H groups in total. The van der Waals surface area contributed by atoms with E-state index in [1.54, 1.807) is 18.3 Å². The maximum absolute atomic E-state index is 11.0. The monoisotopic (exact) mass is 179 g/mol. The minimum Gasteiger partial charge on any atom is -0.488 e. The van der Waals surface area contributed by atoms with Crippen molar-refractivity contribution in [3.63, 3.8) is 0 Å². The van der Waals surface area contributed by atoms with Crippen LogP contribution in [0.3, 0.4) is 0 Å². The normalized spacial score (nSPS) is 14.6. The molecule has 68 valence electrons. The first-order chi connectivity index (χ1) is 6.29. The number of carbonyl (C=O) groups is 1. The summed E-state index contributed by atoms with van der Waals surface area (Å²) in [6, 6.07) is 3.02. The lowest BCUT2D eigenvalue weighted by atomic mass is 10.3. The Bertz CT molecular complexity index is 340. The number of hydrogen-bond donors (Lipinski definition) is 1. The maximum atomic E-state index is 11.0. The Hall–Kier alpha value is -1.78. The molecule has 0 saturated heterocycles. The van der Waals surface area contributed by atoms with Crippen molar-refractivity contribution in [3.05, 3.63) is 18.3 Å². The molecule has 1 aromatic rings. The Balaban J connectivity index is 2.42. The Morgan fingerprint density at radius 3 is 3.31 bits per heavy atom. The average Bonchev–Trinajstić information content (AvgIpc) is 2.17. The number of fused-ring (bicyclic) bond motifs is 1. The summed E-state index contributed by atoms with van der Waals surface area (Å²) in [4.78, 5) is 16.4.